The summed E-state index contributed by atoms with van der Waals surface area (Å²) in [6.07, 6.45) is 51.0. The van der Waals surface area contributed by atoms with Gasteiger partial charge in [-0.15, -0.1) is 0 Å². The van der Waals surface area contributed by atoms with E-state index in [1.165, 1.54) is 282 Å². The van der Waals surface area contributed by atoms with Crippen molar-refractivity contribution in [3.63, 3.8) is 0 Å². The molecule has 77 heavy (non-hydrogen) atoms. The quantitative estimate of drug-likeness (QED) is 0.270. The van der Waals surface area contributed by atoms with Gasteiger partial charge in [0.1, 0.15) is 0 Å². The molecule has 0 aromatic carbocycles. The summed E-state index contributed by atoms with van der Waals surface area (Å²) < 4.78 is 0. The van der Waals surface area contributed by atoms with Crippen LogP contribution in [0, 0.1) is 37.5 Å². The fraction of sp³-hybridized carbons (Fsp3) is 0.910. The van der Waals surface area contributed by atoms with Gasteiger partial charge in [-0.3, -0.25) is 10.2 Å². The number of rotatable bonds is 0. The molecule has 6 saturated heterocycles. The second kappa shape index (κ2) is 56.1. The second-order valence-corrected chi connectivity index (χ2v) is 24.9. The summed E-state index contributed by atoms with van der Waals surface area (Å²) in [6.45, 7) is 29.2. The molecule has 10 fully saturated rings. The van der Waals surface area contributed by atoms with Crippen molar-refractivity contribution in [1.82, 2.24) is 49.8 Å². The Labute approximate surface area is 484 Å². The van der Waals surface area contributed by atoms with Crippen molar-refractivity contribution in [2.45, 2.75) is 256 Å². The number of aromatic nitrogens is 4. The van der Waals surface area contributed by atoms with Crippen molar-refractivity contribution < 1.29 is 0 Å². The van der Waals surface area contributed by atoms with Crippen LogP contribution in [0.5, 0.6) is 0 Å². The average Bonchev–Trinajstić information content (AvgIpc) is 4.08. The van der Waals surface area contributed by atoms with E-state index in [1.54, 1.807) is 12.4 Å². The average molecular weight is 1090 g/mol. The highest BCUT2D eigenvalue weighted by molar-refractivity contribution is 4.97. The van der Waals surface area contributed by atoms with Crippen LogP contribution in [0.4, 0.5) is 0 Å². The summed E-state index contributed by atoms with van der Waals surface area (Å²) in [5.41, 5.74) is 2.35. The molecule has 10 aliphatic rings. The Kier molecular flexibility index (Phi) is 57.8. The molecule has 0 atom stereocenters. The lowest BCUT2D eigenvalue weighted by Crippen LogP contribution is -2.32. The van der Waals surface area contributed by atoms with Crippen LogP contribution in [0.1, 0.15) is 254 Å². The third kappa shape index (κ3) is 54.5. The number of hydrogen-bond acceptors (Lipinski definition) is 8. The van der Waals surface area contributed by atoms with Gasteiger partial charge in [-0.1, -0.05) is 178 Å². The van der Waals surface area contributed by atoms with E-state index < -0.39 is 0 Å². The zero-order valence-electron chi connectivity index (χ0n) is 51.9. The number of H-pyrrole nitrogens is 2. The van der Waals surface area contributed by atoms with E-state index in [0.29, 0.717) is 0 Å². The first-order chi connectivity index (χ1) is 35.7. The van der Waals surface area contributed by atoms with E-state index in [4.69, 9.17) is 0 Å². The second-order valence-electron chi connectivity index (χ2n) is 24.9. The molecule has 10 nitrogen and oxygen atoms in total. The van der Waals surface area contributed by atoms with E-state index in [9.17, 15) is 0 Å². The van der Waals surface area contributed by atoms with Crippen LogP contribution >= 0.6 is 0 Å². The van der Waals surface area contributed by atoms with Gasteiger partial charge >= 0.3 is 0 Å². The third-order valence-corrected chi connectivity index (χ3v) is 16.3. The summed E-state index contributed by atoms with van der Waals surface area (Å²) in [5.74, 6) is 4.20. The molecular weight excluding hydrogens is 945 g/mol. The molecule has 8 heterocycles. The van der Waals surface area contributed by atoms with Crippen molar-refractivity contribution in [3.05, 3.63) is 35.9 Å². The van der Waals surface area contributed by atoms with Gasteiger partial charge in [0.15, 0.2) is 0 Å². The molecule has 460 valence electrons. The maximum atomic E-state index is 3.70. The van der Waals surface area contributed by atoms with Crippen LogP contribution < -0.4 is 0 Å². The number of piperidine rings is 4. The Bertz CT molecular complexity index is 1130. The zero-order chi connectivity index (χ0) is 54.3. The maximum absolute atomic E-state index is 3.70. The number of aryl methyl sites for hydroxylation is 2. The molecule has 2 N–H and O–H groups in total. The molecule has 2 aromatic heterocycles. The molecule has 4 saturated carbocycles. The van der Waals surface area contributed by atoms with E-state index in [0.717, 1.165) is 23.7 Å². The van der Waals surface area contributed by atoms with Gasteiger partial charge in [0, 0.05) is 12.4 Å². The minimum absolute atomic E-state index is 0. The Hall–Kier alpha value is -1.82. The highest BCUT2D eigenvalue weighted by atomic mass is 15.1. The first kappa shape index (κ1) is 79.4. The molecule has 0 spiro atoms. The summed E-state index contributed by atoms with van der Waals surface area (Å²) >= 11 is 0. The van der Waals surface area contributed by atoms with E-state index in [1.807, 2.05) is 26.2 Å². The lowest BCUT2D eigenvalue weighted by atomic mass is 9.88. The van der Waals surface area contributed by atoms with Crippen LogP contribution in [-0.4, -0.2) is 171 Å². The van der Waals surface area contributed by atoms with Gasteiger partial charge in [0.25, 0.3) is 0 Å². The lowest BCUT2D eigenvalue weighted by molar-refractivity contribution is 0.229. The van der Waals surface area contributed by atoms with E-state index >= 15 is 0 Å². The first-order valence-electron chi connectivity index (χ1n) is 31.7. The summed E-state index contributed by atoms with van der Waals surface area (Å²) in [7, 11) is 13.1. The van der Waals surface area contributed by atoms with Crippen molar-refractivity contribution in [3.8, 4) is 0 Å². The molecule has 0 unspecified atom stereocenters. The molecule has 0 amide bonds. The molecule has 4 aliphatic carbocycles. The van der Waals surface area contributed by atoms with Gasteiger partial charge < -0.3 is 29.4 Å². The molecule has 0 radical (unpaired) electrons. The Balaban J connectivity index is -0.000000775. The smallest absolute Gasteiger partial charge is 0.0516 e. The van der Waals surface area contributed by atoms with Crippen LogP contribution in [0.25, 0.3) is 0 Å². The molecule has 6 aliphatic heterocycles. The predicted octanol–water partition coefficient (Wildman–Crippen LogP) is 17.2. The fourth-order valence-electron chi connectivity index (χ4n) is 9.63. The normalized spacial score (nSPS) is 21.9. The lowest BCUT2D eigenvalue weighted by Gasteiger charge is -2.24. The minimum atomic E-state index is 0. The third-order valence-electron chi connectivity index (χ3n) is 16.3. The Morgan fingerprint density at radius 3 is 0.532 bits per heavy atom. The first-order valence-corrected chi connectivity index (χ1v) is 31.7. The number of nitrogens with one attached hydrogen (secondary N) is 2. The van der Waals surface area contributed by atoms with Gasteiger partial charge in [0.05, 0.1) is 12.4 Å². The standard InChI is InChI=1S/2C7H14.4C6H13N.2C5H10.2C4H6N2.2C4H9N.3CH4/c6*1-7-5-3-2-4-6-7;2*1-5-3-2-4-5;2*1-4-2-5-6-3-4;2*1-5-3-2-4-5;;;/h2*7H,2-6H2,1H3;4*2-6H2,1H3;2*5H,2-4H2,1H3;2*2-3H,1H3,(H,5,6);2*2-4H2,1H3;3*1H4. The Morgan fingerprint density at radius 2 is 0.468 bits per heavy atom. The van der Waals surface area contributed by atoms with Crippen molar-refractivity contribution in [2.24, 2.45) is 23.7 Å². The topological polar surface area (TPSA) is 76.8 Å². The monoisotopic (exact) mass is 1090 g/mol. The van der Waals surface area contributed by atoms with Gasteiger partial charge in [-0.2, -0.15) is 10.2 Å². The Morgan fingerprint density at radius 1 is 0.286 bits per heavy atom. The van der Waals surface area contributed by atoms with Crippen molar-refractivity contribution in [1.29, 1.82) is 0 Å². The number of likely N-dealkylation sites (tertiary alicyclic amines) is 6. The van der Waals surface area contributed by atoms with E-state index in [-0.39, 0.29) is 22.3 Å². The molecule has 0 bridgehead atoms. The number of aromatic amines is 2. The molecule has 12 rings (SSSR count). The highest BCUT2D eigenvalue weighted by Gasteiger charge is 2.11. The van der Waals surface area contributed by atoms with Crippen molar-refractivity contribution in [2.75, 3.05) is 121 Å². The SMILES string of the molecule is C.C.C.CC1CCC1.CC1CCC1.CC1CCCCC1.CC1CCCCC1.CN1CCC1.CN1CCC1.CN1CCCCC1.CN1CCCCC1.CN1CCCCC1.CN1CCCCC1.Cc1cn[nH]c1.Cc1cn[nH]c1. The van der Waals surface area contributed by atoms with Crippen LogP contribution in [0.3, 0.4) is 0 Å². The predicted molar refractivity (Wildman–Crippen MR) is 347 cm³/mol. The summed E-state index contributed by atoms with van der Waals surface area (Å²) in [5, 5.41) is 12.8. The largest absolute Gasteiger partial charge is 0.306 e. The van der Waals surface area contributed by atoms with Gasteiger partial charge in [-0.25, -0.2) is 0 Å². The molecular formula is C67H142N10. The number of hydrogen-bond donors (Lipinski definition) is 2. The molecule has 2 aromatic rings. The zero-order valence-corrected chi connectivity index (χ0v) is 51.9. The van der Waals surface area contributed by atoms with Gasteiger partial charge in [0.2, 0.25) is 0 Å². The maximum Gasteiger partial charge on any atom is 0.0516 e. The summed E-state index contributed by atoms with van der Waals surface area (Å²) in [4.78, 5) is 14.2. The molecule has 10 heteroatoms. The highest BCUT2D eigenvalue weighted by Crippen LogP contribution is 2.25. The van der Waals surface area contributed by atoms with E-state index in [2.05, 4.69) is 120 Å². The summed E-state index contributed by atoms with van der Waals surface area (Å²) in [6, 6.07) is 0. The fourth-order valence-corrected chi connectivity index (χ4v) is 9.63. The van der Waals surface area contributed by atoms with Crippen LogP contribution in [0.2, 0.25) is 0 Å². The minimum Gasteiger partial charge on any atom is -0.306 e. The van der Waals surface area contributed by atoms with Crippen molar-refractivity contribution >= 4 is 0 Å². The van der Waals surface area contributed by atoms with Crippen LogP contribution in [-0.2, 0) is 0 Å². The number of nitrogens with zero attached hydrogens (tertiary/aromatic N) is 8. The van der Waals surface area contributed by atoms with Gasteiger partial charge in [-0.05, 0) is 234 Å². The van der Waals surface area contributed by atoms with Crippen LogP contribution in [0.15, 0.2) is 24.8 Å².